The predicted molar refractivity (Wildman–Crippen MR) is 79.6 cm³/mol. The van der Waals surface area contributed by atoms with Gasteiger partial charge in [-0.3, -0.25) is 0 Å². The first-order valence-electron chi connectivity index (χ1n) is 6.37. The normalized spacial score (nSPS) is 11.3. The van der Waals surface area contributed by atoms with Crippen molar-refractivity contribution < 1.29 is 19.0 Å². The molecule has 3 nitrogen and oxygen atoms in total. The summed E-state index contributed by atoms with van der Waals surface area (Å²) in [6.07, 6.45) is 1.33. The summed E-state index contributed by atoms with van der Waals surface area (Å²) in [6.45, 7) is 1.82. The lowest BCUT2D eigenvalue weighted by Crippen LogP contribution is -2.01. The van der Waals surface area contributed by atoms with Gasteiger partial charge in [0.15, 0.2) is 0 Å². The highest BCUT2D eigenvalue weighted by atomic mass is 19.1. The van der Waals surface area contributed by atoms with Gasteiger partial charge in [0, 0.05) is 5.56 Å². The fourth-order valence-electron chi connectivity index (χ4n) is 2.06. The van der Waals surface area contributed by atoms with Crippen LogP contribution in [-0.4, -0.2) is 18.2 Å². The number of aryl methyl sites for hydroxylation is 1. The Morgan fingerprint density at radius 3 is 2.52 bits per heavy atom. The van der Waals surface area contributed by atoms with E-state index in [2.05, 4.69) is 0 Å². The number of benzene rings is 2. The molecule has 1 N–H and O–H groups in total. The van der Waals surface area contributed by atoms with Crippen molar-refractivity contribution in [2.45, 2.75) is 6.92 Å². The molecular weight excluding hydrogens is 271 g/mol. The number of ether oxygens (including phenoxy) is 1. The highest BCUT2D eigenvalue weighted by molar-refractivity contribution is 6.20. The van der Waals surface area contributed by atoms with E-state index in [9.17, 15) is 14.3 Å². The SMILES string of the molecule is COc1ccc(/C(=C/c2ccccc2F)C(=O)O)cc1C. The van der Waals surface area contributed by atoms with E-state index in [1.165, 1.54) is 18.2 Å². The van der Waals surface area contributed by atoms with Gasteiger partial charge in [-0.15, -0.1) is 0 Å². The van der Waals surface area contributed by atoms with E-state index < -0.39 is 11.8 Å². The lowest BCUT2D eigenvalue weighted by atomic mass is 10.0. The third-order valence-electron chi connectivity index (χ3n) is 3.14. The van der Waals surface area contributed by atoms with Crippen LogP contribution in [0.4, 0.5) is 4.39 Å². The van der Waals surface area contributed by atoms with E-state index >= 15 is 0 Å². The molecule has 0 fully saturated rings. The largest absolute Gasteiger partial charge is 0.496 e. The number of halogens is 1. The molecule has 2 aromatic carbocycles. The molecule has 4 heteroatoms. The fraction of sp³-hybridized carbons (Fsp3) is 0.118. The Bertz CT molecular complexity index is 705. The number of rotatable bonds is 4. The van der Waals surface area contributed by atoms with Gasteiger partial charge in [0.25, 0.3) is 0 Å². The summed E-state index contributed by atoms with van der Waals surface area (Å²) in [6, 6.07) is 11.1. The van der Waals surface area contributed by atoms with Crippen LogP contribution in [0.5, 0.6) is 5.75 Å². The molecule has 0 aliphatic heterocycles. The number of carboxylic acid groups (broad SMARTS) is 1. The Balaban J connectivity index is 2.52. The molecule has 0 atom stereocenters. The second-order valence-electron chi connectivity index (χ2n) is 4.57. The smallest absolute Gasteiger partial charge is 0.336 e. The van der Waals surface area contributed by atoms with E-state index in [-0.39, 0.29) is 11.1 Å². The maximum Gasteiger partial charge on any atom is 0.336 e. The topological polar surface area (TPSA) is 46.5 Å². The van der Waals surface area contributed by atoms with Crippen molar-refractivity contribution >= 4 is 17.6 Å². The van der Waals surface area contributed by atoms with Crippen molar-refractivity contribution in [1.29, 1.82) is 0 Å². The van der Waals surface area contributed by atoms with E-state index in [0.717, 1.165) is 5.56 Å². The van der Waals surface area contributed by atoms with E-state index in [1.54, 1.807) is 37.4 Å². The number of hydrogen-bond donors (Lipinski definition) is 1. The summed E-state index contributed by atoms with van der Waals surface area (Å²) in [5, 5.41) is 9.37. The molecule has 2 aromatic rings. The molecule has 21 heavy (non-hydrogen) atoms. The Hall–Kier alpha value is -2.62. The number of aliphatic carboxylic acids is 1. The fourth-order valence-corrected chi connectivity index (χ4v) is 2.06. The molecule has 108 valence electrons. The van der Waals surface area contributed by atoms with E-state index in [0.29, 0.717) is 11.3 Å². The zero-order valence-electron chi connectivity index (χ0n) is 11.8. The monoisotopic (exact) mass is 286 g/mol. The van der Waals surface area contributed by atoms with Crippen LogP contribution in [0.2, 0.25) is 0 Å². The molecule has 0 saturated heterocycles. The summed E-state index contributed by atoms with van der Waals surface area (Å²) < 4.78 is 18.8. The van der Waals surface area contributed by atoms with Crippen molar-refractivity contribution in [3.8, 4) is 5.75 Å². The molecule has 0 amide bonds. The third kappa shape index (κ3) is 3.28. The lowest BCUT2D eigenvalue weighted by Gasteiger charge is -2.08. The third-order valence-corrected chi connectivity index (χ3v) is 3.14. The van der Waals surface area contributed by atoms with Gasteiger partial charge < -0.3 is 9.84 Å². The standard InChI is InChI=1S/C17H15FO3/c1-11-9-12(7-8-16(11)21-2)14(17(19)20)10-13-5-3-4-6-15(13)18/h3-10H,1-2H3,(H,19,20)/b14-10-. The molecule has 0 heterocycles. The van der Waals surface area contributed by atoms with Crippen molar-refractivity contribution in [3.63, 3.8) is 0 Å². The minimum absolute atomic E-state index is 0.0332. The molecule has 0 bridgehead atoms. The maximum absolute atomic E-state index is 13.7. The first-order chi connectivity index (χ1) is 10.0. The number of carboxylic acids is 1. The molecule has 0 aromatic heterocycles. The molecule has 2 rings (SSSR count). The van der Waals surface area contributed by atoms with Crippen LogP contribution in [0.1, 0.15) is 16.7 Å². The van der Waals surface area contributed by atoms with Crippen molar-refractivity contribution in [3.05, 3.63) is 65.0 Å². The Morgan fingerprint density at radius 2 is 1.95 bits per heavy atom. The minimum atomic E-state index is -1.11. The van der Waals surface area contributed by atoms with Gasteiger partial charge in [-0.25, -0.2) is 9.18 Å². The van der Waals surface area contributed by atoms with E-state index in [4.69, 9.17) is 4.74 Å². The quantitative estimate of drug-likeness (QED) is 0.687. The Morgan fingerprint density at radius 1 is 1.24 bits per heavy atom. The van der Waals surface area contributed by atoms with Gasteiger partial charge in [-0.1, -0.05) is 24.3 Å². The second kappa shape index (κ2) is 6.22. The van der Waals surface area contributed by atoms with Gasteiger partial charge in [-0.2, -0.15) is 0 Å². The van der Waals surface area contributed by atoms with Gasteiger partial charge in [0.2, 0.25) is 0 Å². The van der Waals surface area contributed by atoms with Crippen LogP contribution >= 0.6 is 0 Å². The molecular formula is C17H15FO3. The molecule has 0 radical (unpaired) electrons. The first-order valence-corrected chi connectivity index (χ1v) is 6.37. The van der Waals surface area contributed by atoms with Gasteiger partial charge >= 0.3 is 5.97 Å². The van der Waals surface area contributed by atoms with Crippen molar-refractivity contribution in [2.24, 2.45) is 0 Å². The van der Waals surface area contributed by atoms with Gasteiger partial charge in [0.05, 0.1) is 12.7 Å². The lowest BCUT2D eigenvalue weighted by molar-refractivity contribution is -0.130. The predicted octanol–water partition coefficient (Wildman–Crippen LogP) is 3.77. The highest BCUT2D eigenvalue weighted by Gasteiger charge is 2.13. The van der Waals surface area contributed by atoms with Crippen LogP contribution < -0.4 is 4.74 Å². The van der Waals surface area contributed by atoms with Crippen molar-refractivity contribution in [1.82, 2.24) is 0 Å². The van der Waals surface area contributed by atoms with Gasteiger partial charge in [0.1, 0.15) is 11.6 Å². The summed E-state index contributed by atoms with van der Waals surface area (Å²) in [5.41, 5.74) is 1.59. The number of carbonyl (C=O) groups is 1. The van der Waals surface area contributed by atoms with Crippen LogP contribution in [0.3, 0.4) is 0 Å². The van der Waals surface area contributed by atoms with Crippen LogP contribution in [-0.2, 0) is 4.79 Å². The summed E-state index contributed by atoms with van der Waals surface area (Å²) in [7, 11) is 1.55. The first kappa shape index (κ1) is 14.8. The zero-order chi connectivity index (χ0) is 15.4. The molecule has 0 spiro atoms. The molecule has 0 saturated carbocycles. The Kier molecular flexibility index (Phi) is 4.38. The van der Waals surface area contributed by atoms with Crippen LogP contribution in [0, 0.1) is 12.7 Å². The average Bonchev–Trinajstić information content (AvgIpc) is 2.46. The average molecular weight is 286 g/mol. The molecule has 0 aliphatic rings. The number of hydrogen-bond acceptors (Lipinski definition) is 2. The van der Waals surface area contributed by atoms with Crippen LogP contribution in [0.25, 0.3) is 11.6 Å². The highest BCUT2D eigenvalue weighted by Crippen LogP contribution is 2.25. The molecule has 0 aliphatic carbocycles. The zero-order valence-corrected chi connectivity index (χ0v) is 11.8. The van der Waals surface area contributed by atoms with Gasteiger partial charge in [-0.05, 0) is 42.3 Å². The Labute approximate surface area is 122 Å². The summed E-state index contributed by atoms with van der Waals surface area (Å²) in [4.78, 5) is 11.5. The summed E-state index contributed by atoms with van der Waals surface area (Å²) >= 11 is 0. The maximum atomic E-state index is 13.7. The second-order valence-corrected chi connectivity index (χ2v) is 4.57. The molecule has 0 unspecified atom stereocenters. The van der Waals surface area contributed by atoms with Crippen LogP contribution in [0.15, 0.2) is 42.5 Å². The van der Waals surface area contributed by atoms with Crippen molar-refractivity contribution in [2.75, 3.05) is 7.11 Å². The minimum Gasteiger partial charge on any atom is -0.496 e. The summed E-state index contributed by atoms with van der Waals surface area (Å²) in [5.74, 6) is -0.890. The van der Waals surface area contributed by atoms with E-state index in [1.807, 2.05) is 6.92 Å². The number of methoxy groups -OCH3 is 1.